The lowest BCUT2D eigenvalue weighted by Crippen LogP contribution is -2.68. The first-order valence-corrected chi connectivity index (χ1v) is 24.3. The van der Waals surface area contributed by atoms with Gasteiger partial charge in [-0.15, -0.1) is 23.5 Å². The number of rotatable bonds is 22. The number of methoxy groups -OCH3 is 2. The summed E-state index contributed by atoms with van der Waals surface area (Å²) >= 11 is 19.9. The first-order chi connectivity index (χ1) is 31.1. The van der Waals surface area contributed by atoms with Crippen molar-refractivity contribution in [3.05, 3.63) is 0 Å². The van der Waals surface area contributed by atoms with Gasteiger partial charge in [0, 0.05) is 60.9 Å². The molecule has 2 heterocycles. The van der Waals surface area contributed by atoms with E-state index >= 15 is 0 Å². The zero-order valence-corrected chi connectivity index (χ0v) is 43.6. The molecule has 2 rings (SSSR count). The molecule has 0 aromatic carbocycles. The Labute approximate surface area is 422 Å². The molecular formula is C38H55Cl3IN3O20S2. The Hall–Kier alpha value is -2.83. The highest BCUT2D eigenvalue weighted by Crippen LogP contribution is 2.48. The van der Waals surface area contributed by atoms with Gasteiger partial charge in [0.2, 0.25) is 25.5 Å². The summed E-state index contributed by atoms with van der Waals surface area (Å²) in [4.78, 5) is 110. The van der Waals surface area contributed by atoms with Gasteiger partial charge in [0.15, 0.2) is 0 Å². The molecule has 0 aromatic rings. The Morgan fingerprint density at radius 3 is 1.64 bits per heavy atom. The number of thioether (sulfide) groups is 2. The van der Waals surface area contributed by atoms with Crippen LogP contribution in [0.2, 0.25) is 0 Å². The molecular weight excluding hydrogens is 1120 g/mol. The molecule has 0 unspecified atom stereocenters. The predicted molar refractivity (Wildman–Crippen MR) is 246 cm³/mol. The topological polar surface area (TPSA) is 313 Å². The second kappa shape index (κ2) is 27.5. The van der Waals surface area contributed by atoms with Crippen LogP contribution in [-0.2, 0) is 81.0 Å². The van der Waals surface area contributed by atoms with Crippen molar-refractivity contribution in [3.63, 3.8) is 0 Å². The van der Waals surface area contributed by atoms with Gasteiger partial charge < -0.3 is 68.8 Å². The van der Waals surface area contributed by atoms with E-state index in [1.54, 1.807) is 22.6 Å². The quantitative estimate of drug-likeness (QED) is 0.0334. The molecule has 5 N–H and O–H groups in total. The predicted octanol–water partition coefficient (Wildman–Crippen LogP) is 1.15. The number of halogens is 4. The molecule has 0 radical (unpaired) electrons. The van der Waals surface area contributed by atoms with E-state index in [1.165, 1.54) is 0 Å². The van der Waals surface area contributed by atoms with Crippen LogP contribution in [0.4, 0.5) is 4.79 Å². The number of hydrogen-bond acceptors (Lipinski definition) is 22. The van der Waals surface area contributed by atoms with Crippen LogP contribution in [0.15, 0.2) is 0 Å². The highest BCUT2D eigenvalue weighted by atomic mass is 127. The highest BCUT2D eigenvalue weighted by molar-refractivity contribution is 14.1. The van der Waals surface area contributed by atoms with Crippen molar-refractivity contribution < 1.29 is 96.0 Å². The number of esters is 6. The molecule has 2 aliphatic heterocycles. The van der Waals surface area contributed by atoms with Gasteiger partial charge in [-0.2, -0.15) is 0 Å². The Kier molecular flexibility index (Phi) is 24.8. The number of aliphatic hydroxyl groups excluding tert-OH is 2. The molecule has 3 amide bonds. The molecule has 0 bridgehead atoms. The van der Waals surface area contributed by atoms with E-state index in [0.29, 0.717) is 11.8 Å². The van der Waals surface area contributed by atoms with Gasteiger partial charge in [-0.1, -0.05) is 57.4 Å². The lowest BCUT2D eigenvalue weighted by Gasteiger charge is -2.50. The SMILES string of the molecule is COC(=O)[C@@]1(SCCCNC(=O)OCC(Cl)(Cl)Cl)C[C@H](OC(C)=O)[C@@H](NC(C)=O)[C@H]([C@H](O)[C@@H](COC(C)=O)S[C@]2(C(=O)OC)C[C@H](OC(C)=O)[C@@H](NC(C)=O)[C@H]([C@H](O)[C@@H](I)COC(C)=O)O2)O1. The summed E-state index contributed by atoms with van der Waals surface area (Å²) in [6, 6.07) is -2.84. The molecule has 382 valence electrons. The molecule has 0 aliphatic carbocycles. The van der Waals surface area contributed by atoms with Gasteiger partial charge >= 0.3 is 41.9 Å². The molecule has 2 fully saturated rings. The summed E-state index contributed by atoms with van der Waals surface area (Å²) < 4.78 is 46.9. The zero-order chi connectivity index (χ0) is 51.0. The van der Waals surface area contributed by atoms with Crippen molar-refractivity contribution in [1.82, 2.24) is 16.0 Å². The van der Waals surface area contributed by atoms with E-state index in [1.807, 2.05) is 0 Å². The van der Waals surface area contributed by atoms with Gasteiger partial charge in [-0.05, 0) is 12.2 Å². The maximum Gasteiger partial charge on any atom is 0.407 e. The van der Waals surface area contributed by atoms with Crippen molar-refractivity contribution in [2.45, 2.75) is 132 Å². The molecule has 0 aromatic heterocycles. The number of ether oxygens (including phenoxy) is 9. The van der Waals surface area contributed by atoms with Gasteiger partial charge in [0.25, 0.3) is 0 Å². The van der Waals surface area contributed by atoms with E-state index in [0.717, 1.165) is 67.5 Å². The van der Waals surface area contributed by atoms with Crippen LogP contribution in [0, 0.1) is 0 Å². The fourth-order valence-electron chi connectivity index (χ4n) is 6.84. The van der Waals surface area contributed by atoms with Gasteiger partial charge in [-0.3, -0.25) is 28.8 Å². The van der Waals surface area contributed by atoms with E-state index in [-0.39, 0.29) is 25.3 Å². The van der Waals surface area contributed by atoms with Crippen molar-refractivity contribution in [2.24, 2.45) is 0 Å². The smallest absolute Gasteiger partial charge is 0.407 e. The van der Waals surface area contributed by atoms with Crippen LogP contribution in [0.25, 0.3) is 0 Å². The number of carbonyl (C=O) groups is 9. The fraction of sp³-hybridized carbons (Fsp3) is 0.763. The minimum absolute atomic E-state index is 0.0111. The largest absolute Gasteiger partial charge is 0.466 e. The van der Waals surface area contributed by atoms with Crippen LogP contribution in [0.3, 0.4) is 0 Å². The fourth-order valence-corrected chi connectivity index (χ4v) is 10.4. The van der Waals surface area contributed by atoms with Crippen LogP contribution in [0.1, 0.15) is 60.8 Å². The van der Waals surface area contributed by atoms with Crippen LogP contribution in [-0.4, -0.2) is 182 Å². The monoisotopic (exact) mass is 1170 g/mol. The molecule has 29 heteroatoms. The number of aliphatic hydroxyl groups is 2. The number of nitrogens with one attached hydrogen (secondary N) is 3. The van der Waals surface area contributed by atoms with Crippen molar-refractivity contribution in [2.75, 3.05) is 46.3 Å². The molecule has 0 saturated carbocycles. The maximum absolute atomic E-state index is 14.2. The molecule has 12 atom stereocenters. The average Bonchev–Trinajstić information content (AvgIpc) is 3.22. The lowest BCUT2D eigenvalue weighted by atomic mass is 9.90. The van der Waals surface area contributed by atoms with Gasteiger partial charge in [0.05, 0.1) is 47.7 Å². The van der Waals surface area contributed by atoms with Gasteiger partial charge in [-0.25, -0.2) is 14.4 Å². The Balaban J connectivity index is 2.81. The number of alkyl halides is 4. The molecule has 23 nitrogen and oxygen atoms in total. The first-order valence-electron chi connectivity index (χ1n) is 20.1. The average molecular weight is 1170 g/mol. The second-order valence-corrected chi connectivity index (χ2v) is 21.9. The second-order valence-electron chi connectivity index (χ2n) is 14.9. The first kappa shape index (κ1) is 60.3. The van der Waals surface area contributed by atoms with E-state index in [9.17, 15) is 53.4 Å². The Morgan fingerprint density at radius 2 is 1.18 bits per heavy atom. The van der Waals surface area contributed by atoms with Crippen LogP contribution >= 0.6 is 80.9 Å². The minimum atomic E-state index is -2.44. The number of hydrogen-bond donors (Lipinski definition) is 5. The number of carbonyl (C=O) groups excluding carboxylic acids is 9. The normalized spacial score (nSPS) is 26.7. The summed E-state index contributed by atoms with van der Waals surface area (Å²) in [6.45, 7) is 4.75. The number of alkyl carbamates (subject to hydrolysis) is 1. The molecule has 67 heavy (non-hydrogen) atoms. The standard InChI is InChI=1S/C38H55Cl3IN3O20S2/c1-17(46)44-27-25(63-22(6)51)13-37(34(55)58-8,65-31(27)29(52)23(42)14-59-19(3)48)67-26(15-60-20(4)49)30(53)32-28(45-18(2)47)24(62-21(5)50)12-36(64-32,33(54)57-7)66-11-9-10-43-35(56)61-16-38(39,40)41/h23-32,52-53H,9-16H2,1-8H3,(H,43,56)(H,44,46)(H,45,47)/t23-,24-,25-,26+,27+,28+,29+,30+,31+,32+,36-,37-/m0/s1. The van der Waals surface area contributed by atoms with Crippen LogP contribution in [0.5, 0.6) is 0 Å². The summed E-state index contributed by atoms with van der Waals surface area (Å²) in [7, 11) is 2.01. The van der Waals surface area contributed by atoms with E-state index in [4.69, 9.17) is 77.4 Å². The zero-order valence-electron chi connectivity index (χ0n) is 37.5. The Bertz CT molecular complexity index is 1790. The maximum atomic E-state index is 14.2. The van der Waals surface area contributed by atoms with Crippen molar-refractivity contribution in [3.8, 4) is 0 Å². The highest BCUT2D eigenvalue weighted by Gasteiger charge is 2.61. The Morgan fingerprint density at radius 1 is 0.716 bits per heavy atom. The third-order valence-electron chi connectivity index (χ3n) is 9.42. The lowest BCUT2D eigenvalue weighted by molar-refractivity contribution is -0.206. The van der Waals surface area contributed by atoms with Crippen molar-refractivity contribution in [1.29, 1.82) is 0 Å². The molecule has 0 spiro atoms. The third-order valence-corrected chi connectivity index (χ3v) is 13.8. The van der Waals surface area contributed by atoms with Crippen molar-refractivity contribution >= 4 is 135 Å². The molecule has 2 aliphatic rings. The van der Waals surface area contributed by atoms with Crippen LogP contribution < -0.4 is 16.0 Å². The van der Waals surface area contributed by atoms with Gasteiger partial charge in [0.1, 0.15) is 44.2 Å². The molecule has 2 saturated heterocycles. The minimum Gasteiger partial charge on any atom is -0.466 e. The van der Waals surface area contributed by atoms with E-state index in [2.05, 4.69) is 16.0 Å². The summed E-state index contributed by atoms with van der Waals surface area (Å²) in [5.41, 5.74) is 0. The summed E-state index contributed by atoms with van der Waals surface area (Å²) in [5, 5.41) is 30.3. The number of amides is 3. The summed E-state index contributed by atoms with van der Waals surface area (Å²) in [6.07, 6.45) is -12.1. The van der Waals surface area contributed by atoms with E-state index < -0.39 is 151 Å². The third kappa shape index (κ3) is 19.1. The summed E-state index contributed by atoms with van der Waals surface area (Å²) in [5.74, 6) is -6.95.